The zero-order valence-corrected chi connectivity index (χ0v) is 12.0. The Kier molecular flexibility index (Phi) is 4.71. The van der Waals surface area contributed by atoms with Gasteiger partial charge in [-0.05, 0) is 18.9 Å². The minimum atomic E-state index is -1.12. The summed E-state index contributed by atoms with van der Waals surface area (Å²) >= 11 is 6.19. The molecule has 106 valence electrons. The van der Waals surface area contributed by atoms with E-state index in [9.17, 15) is 10.2 Å². The topological polar surface area (TPSA) is 49.7 Å². The molecule has 19 heavy (non-hydrogen) atoms. The van der Waals surface area contributed by atoms with Gasteiger partial charge in [-0.25, -0.2) is 0 Å². The van der Waals surface area contributed by atoms with Gasteiger partial charge < -0.3 is 14.9 Å². The molecule has 1 aromatic carbocycles. The largest absolute Gasteiger partial charge is 0.461 e. The second-order valence-corrected chi connectivity index (χ2v) is 5.76. The van der Waals surface area contributed by atoms with Crippen LogP contribution in [0.3, 0.4) is 0 Å². The highest BCUT2D eigenvalue weighted by Crippen LogP contribution is 2.39. The number of aliphatic hydroxyl groups excluding tert-OH is 1. The van der Waals surface area contributed by atoms with Crippen molar-refractivity contribution in [3.63, 3.8) is 0 Å². The van der Waals surface area contributed by atoms with Crippen molar-refractivity contribution in [1.82, 2.24) is 0 Å². The maximum Gasteiger partial charge on any atom is 0.208 e. The summed E-state index contributed by atoms with van der Waals surface area (Å²) in [6, 6.07) is 5.46. The fraction of sp³-hybridized carbons (Fsp3) is 0.600. The van der Waals surface area contributed by atoms with Crippen molar-refractivity contribution < 1.29 is 14.9 Å². The minimum absolute atomic E-state index is 0.0229. The average Bonchev–Trinajstić information content (AvgIpc) is 2.41. The SMILES string of the molecule is CC(CO)c1cccc(Cl)c1OC1(O)CCCCC1. The predicted molar refractivity (Wildman–Crippen MR) is 75.6 cm³/mol. The molecule has 0 amide bonds. The van der Waals surface area contributed by atoms with Gasteiger partial charge in [0.25, 0.3) is 0 Å². The highest BCUT2D eigenvalue weighted by atomic mass is 35.5. The van der Waals surface area contributed by atoms with E-state index in [-0.39, 0.29) is 12.5 Å². The molecular formula is C15H21ClO3. The van der Waals surface area contributed by atoms with Crippen LogP contribution in [0.5, 0.6) is 5.75 Å². The molecular weight excluding hydrogens is 264 g/mol. The highest BCUT2D eigenvalue weighted by Gasteiger charge is 2.33. The first-order valence-electron chi connectivity index (χ1n) is 6.86. The Hall–Kier alpha value is -0.770. The highest BCUT2D eigenvalue weighted by molar-refractivity contribution is 6.32. The molecule has 3 nitrogen and oxygen atoms in total. The Morgan fingerprint density at radius 3 is 2.63 bits per heavy atom. The Labute approximate surface area is 119 Å². The summed E-state index contributed by atoms with van der Waals surface area (Å²) in [5.74, 6) is -0.677. The summed E-state index contributed by atoms with van der Waals surface area (Å²) in [5.41, 5.74) is 0.842. The van der Waals surface area contributed by atoms with E-state index in [1.54, 1.807) is 6.07 Å². The van der Waals surface area contributed by atoms with Gasteiger partial charge in [0.15, 0.2) is 0 Å². The molecule has 0 saturated heterocycles. The van der Waals surface area contributed by atoms with E-state index in [1.165, 1.54) is 0 Å². The monoisotopic (exact) mass is 284 g/mol. The van der Waals surface area contributed by atoms with Crippen LogP contribution in [0, 0.1) is 0 Å². The molecule has 1 aliphatic carbocycles. The van der Waals surface area contributed by atoms with Gasteiger partial charge in [-0.3, -0.25) is 0 Å². The summed E-state index contributed by atoms with van der Waals surface area (Å²) in [5, 5.41) is 20.3. The van der Waals surface area contributed by atoms with E-state index in [1.807, 2.05) is 19.1 Å². The predicted octanol–water partition coefficient (Wildman–Crippen LogP) is 3.47. The molecule has 0 radical (unpaired) electrons. The maximum atomic E-state index is 10.5. The Balaban J connectivity index is 2.27. The molecule has 2 rings (SSSR count). The fourth-order valence-electron chi connectivity index (χ4n) is 2.52. The number of hydrogen-bond donors (Lipinski definition) is 2. The van der Waals surface area contributed by atoms with Gasteiger partial charge in [0.1, 0.15) is 5.75 Å². The van der Waals surface area contributed by atoms with Crippen molar-refractivity contribution in [1.29, 1.82) is 0 Å². The third-order valence-electron chi connectivity index (χ3n) is 3.73. The fourth-order valence-corrected chi connectivity index (χ4v) is 2.74. The first-order chi connectivity index (χ1) is 9.06. The molecule has 1 aromatic rings. The smallest absolute Gasteiger partial charge is 0.208 e. The van der Waals surface area contributed by atoms with Crippen LogP contribution in [-0.4, -0.2) is 22.6 Å². The van der Waals surface area contributed by atoms with E-state index in [0.29, 0.717) is 23.6 Å². The summed E-state index contributed by atoms with van der Waals surface area (Å²) in [6.07, 6.45) is 4.32. The zero-order chi connectivity index (χ0) is 13.9. The Morgan fingerprint density at radius 2 is 2.00 bits per heavy atom. The van der Waals surface area contributed by atoms with Crippen LogP contribution in [-0.2, 0) is 0 Å². The normalized spacial score (nSPS) is 20.0. The lowest BCUT2D eigenvalue weighted by atomic mass is 9.94. The van der Waals surface area contributed by atoms with Crippen LogP contribution in [0.15, 0.2) is 18.2 Å². The number of para-hydroxylation sites is 1. The van der Waals surface area contributed by atoms with E-state index in [4.69, 9.17) is 16.3 Å². The number of aliphatic hydroxyl groups is 2. The number of benzene rings is 1. The third kappa shape index (κ3) is 3.41. The van der Waals surface area contributed by atoms with Crippen LogP contribution in [0.4, 0.5) is 0 Å². The lowest BCUT2D eigenvalue weighted by Gasteiger charge is -2.34. The Bertz CT molecular complexity index is 427. The molecule has 4 heteroatoms. The third-order valence-corrected chi connectivity index (χ3v) is 4.03. The van der Waals surface area contributed by atoms with Crippen molar-refractivity contribution in [3.05, 3.63) is 28.8 Å². The quantitative estimate of drug-likeness (QED) is 0.833. The summed E-state index contributed by atoms with van der Waals surface area (Å²) < 4.78 is 5.84. The first-order valence-corrected chi connectivity index (χ1v) is 7.24. The summed E-state index contributed by atoms with van der Waals surface area (Å²) in [6.45, 7) is 1.93. The molecule has 1 saturated carbocycles. The maximum absolute atomic E-state index is 10.5. The second-order valence-electron chi connectivity index (χ2n) is 5.35. The number of halogens is 1. The molecule has 1 atom stereocenters. The van der Waals surface area contributed by atoms with Gasteiger partial charge >= 0.3 is 0 Å². The zero-order valence-electron chi connectivity index (χ0n) is 11.2. The molecule has 1 unspecified atom stereocenters. The Morgan fingerprint density at radius 1 is 1.32 bits per heavy atom. The number of rotatable bonds is 4. The minimum Gasteiger partial charge on any atom is -0.461 e. The van der Waals surface area contributed by atoms with Gasteiger partial charge in [-0.1, -0.05) is 37.1 Å². The molecule has 1 fully saturated rings. The molecule has 0 aliphatic heterocycles. The van der Waals surface area contributed by atoms with Gasteiger partial charge in [0.2, 0.25) is 5.79 Å². The molecule has 0 spiro atoms. The second kappa shape index (κ2) is 6.12. The van der Waals surface area contributed by atoms with E-state index < -0.39 is 5.79 Å². The van der Waals surface area contributed by atoms with Gasteiger partial charge in [-0.2, -0.15) is 0 Å². The van der Waals surface area contributed by atoms with E-state index in [0.717, 1.165) is 24.8 Å². The molecule has 0 heterocycles. The van der Waals surface area contributed by atoms with Crippen LogP contribution < -0.4 is 4.74 Å². The lowest BCUT2D eigenvalue weighted by Crippen LogP contribution is -2.38. The van der Waals surface area contributed by atoms with E-state index >= 15 is 0 Å². The first kappa shape index (κ1) is 14.6. The molecule has 2 N–H and O–H groups in total. The van der Waals surface area contributed by atoms with Crippen molar-refractivity contribution in [2.24, 2.45) is 0 Å². The standard InChI is InChI=1S/C15H21ClO3/c1-11(10-17)12-6-5-7-13(16)14(12)19-15(18)8-3-2-4-9-15/h5-7,11,17-18H,2-4,8-10H2,1H3. The van der Waals surface area contributed by atoms with Crippen molar-refractivity contribution >= 4 is 11.6 Å². The van der Waals surface area contributed by atoms with E-state index in [2.05, 4.69) is 0 Å². The number of hydrogen-bond acceptors (Lipinski definition) is 3. The van der Waals surface area contributed by atoms with Crippen molar-refractivity contribution in [3.8, 4) is 5.75 Å². The van der Waals surface area contributed by atoms with Crippen molar-refractivity contribution in [2.45, 2.75) is 50.7 Å². The average molecular weight is 285 g/mol. The van der Waals surface area contributed by atoms with Crippen LogP contribution in [0.25, 0.3) is 0 Å². The van der Waals surface area contributed by atoms with Crippen molar-refractivity contribution in [2.75, 3.05) is 6.61 Å². The molecule has 0 aromatic heterocycles. The summed E-state index contributed by atoms with van der Waals surface area (Å²) in [4.78, 5) is 0. The summed E-state index contributed by atoms with van der Waals surface area (Å²) in [7, 11) is 0. The van der Waals surface area contributed by atoms with Crippen LogP contribution in [0.2, 0.25) is 5.02 Å². The lowest BCUT2D eigenvalue weighted by molar-refractivity contribution is -0.159. The molecule has 1 aliphatic rings. The van der Waals surface area contributed by atoms with Gasteiger partial charge in [-0.15, -0.1) is 0 Å². The van der Waals surface area contributed by atoms with Crippen LogP contribution >= 0.6 is 11.6 Å². The molecule has 0 bridgehead atoms. The van der Waals surface area contributed by atoms with Gasteiger partial charge in [0.05, 0.1) is 5.02 Å². The number of ether oxygens (including phenoxy) is 1. The van der Waals surface area contributed by atoms with Crippen LogP contribution in [0.1, 0.15) is 50.5 Å². The van der Waals surface area contributed by atoms with Gasteiger partial charge in [0, 0.05) is 30.9 Å².